The topological polar surface area (TPSA) is 158 Å². The number of carbonyl (C=O) groups excluding carboxylic acids is 2. The molecule has 0 aliphatic heterocycles. The van der Waals surface area contributed by atoms with Gasteiger partial charge >= 0.3 is 0 Å². The second-order valence-electron chi connectivity index (χ2n) is 6.42. The van der Waals surface area contributed by atoms with Crippen LogP contribution in [0.2, 0.25) is 0 Å². The van der Waals surface area contributed by atoms with Gasteiger partial charge in [-0.2, -0.15) is 0 Å². The molecule has 0 spiro atoms. The highest BCUT2D eigenvalue weighted by Crippen LogP contribution is 2.14. The summed E-state index contributed by atoms with van der Waals surface area (Å²) in [5, 5.41) is 20.9. The Bertz CT molecular complexity index is 1130. The summed E-state index contributed by atoms with van der Waals surface area (Å²) in [6.07, 6.45) is -0.585. The van der Waals surface area contributed by atoms with Gasteiger partial charge in [0.05, 0.1) is 21.5 Å². The van der Waals surface area contributed by atoms with Crippen LogP contribution in [0.4, 0.5) is 0 Å². The Hall–Kier alpha value is -3.56. The number of hydrogen-bond acceptors (Lipinski definition) is 8. The minimum absolute atomic E-state index is 0.0254. The van der Waals surface area contributed by atoms with Crippen molar-refractivity contribution in [2.75, 3.05) is 0 Å². The molecule has 0 N–H and O–H groups in total. The van der Waals surface area contributed by atoms with Gasteiger partial charge in [-0.3, -0.25) is 28.3 Å². The number of benzene rings is 1. The number of carbonyl (C=O) groups is 2. The van der Waals surface area contributed by atoms with Crippen molar-refractivity contribution in [2.45, 2.75) is 38.8 Å². The van der Waals surface area contributed by atoms with Gasteiger partial charge < -0.3 is 19.8 Å². The normalized spacial score (nSPS) is 11.4. The van der Waals surface area contributed by atoms with Crippen LogP contribution < -0.4 is 32.5 Å². The number of carboxylic acids is 2. The Labute approximate surface area is 155 Å². The molecule has 28 heavy (non-hydrogen) atoms. The molecule has 10 heteroatoms. The quantitative estimate of drug-likeness (QED) is 0.395. The zero-order valence-electron chi connectivity index (χ0n) is 14.6. The average molecular weight is 386 g/mol. The molecule has 146 valence electrons. The molecule has 0 radical (unpaired) electrons. The first-order valence-electron chi connectivity index (χ1n) is 8.52. The standard InChI is InChI=1S/C18H16N2O8/c21-13(22)3-1-5-19-15(25)9-7-11-12(8-10(9)16(19)26)18(28)20(17(11)27)6-2-4-14(23)24/h7-8H,1-6H2,(H,21,22)(H,23,24)/p-2. The highest BCUT2D eigenvalue weighted by Gasteiger charge is 2.19. The van der Waals surface area contributed by atoms with Gasteiger partial charge in [0.1, 0.15) is 0 Å². The zero-order valence-corrected chi connectivity index (χ0v) is 14.6. The molecule has 0 fully saturated rings. The van der Waals surface area contributed by atoms with Crippen molar-refractivity contribution in [3.05, 3.63) is 53.5 Å². The van der Waals surface area contributed by atoms with Crippen molar-refractivity contribution < 1.29 is 19.8 Å². The van der Waals surface area contributed by atoms with Gasteiger partial charge in [-0.25, -0.2) is 0 Å². The van der Waals surface area contributed by atoms with Crippen molar-refractivity contribution in [2.24, 2.45) is 0 Å². The molecule has 10 nitrogen and oxygen atoms in total. The van der Waals surface area contributed by atoms with Crippen LogP contribution in [0, 0.1) is 0 Å². The van der Waals surface area contributed by atoms with E-state index in [0.717, 1.165) is 9.13 Å². The van der Waals surface area contributed by atoms with E-state index in [1.807, 2.05) is 0 Å². The first-order valence-corrected chi connectivity index (χ1v) is 8.52. The molecular weight excluding hydrogens is 372 g/mol. The highest BCUT2D eigenvalue weighted by atomic mass is 16.4. The molecule has 2 aromatic heterocycles. The molecule has 0 amide bonds. The summed E-state index contributed by atoms with van der Waals surface area (Å²) < 4.78 is 1.74. The molecule has 0 bridgehead atoms. The van der Waals surface area contributed by atoms with Crippen LogP contribution in [0.1, 0.15) is 25.7 Å². The zero-order chi connectivity index (χ0) is 20.6. The van der Waals surface area contributed by atoms with Crippen LogP contribution in [-0.4, -0.2) is 21.1 Å². The molecule has 0 saturated heterocycles. The Morgan fingerprint density at radius 3 is 1.18 bits per heavy atom. The van der Waals surface area contributed by atoms with Crippen molar-refractivity contribution in [3.63, 3.8) is 0 Å². The summed E-state index contributed by atoms with van der Waals surface area (Å²) in [4.78, 5) is 70.8. The van der Waals surface area contributed by atoms with E-state index in [1.54, 1.807) is 0 Å². The largest absolute Gasteiger partial charge is 0.550 e. The lowest BCUT2D eigenvalue weighted by Gasteiger charge is -2.01. The van der Waals surface area contributed by atoms with Crippen LogP contribution in [0.3, 0.4) is 0 Å². The lowest BCUT2D eigenvalue weighted by molar-refractivity contribution is -0.307. The van der Waals surface area contributed by atoms with Crippen molar-refractivity contribution in [3.8, 4) is 0 Å². The molecule has 1 aromatic carbocycles. The number of carboxylic acid groups (broad SMARTS) is 2. The van der Waals surface area contributed by atoms with Crippen LogP contribution in [0.25, 0.3) is 21.5 Å². The van der Waals surface area contributed by atoms with E-state index < -0.39 is 34.2 Å². The fourth-order valence-electron chi connectivity index (χ4n) is 3.24. The molecule has 0 unspecified atom stereocenters. The number of rotatable bonds is 8. The maximum Gasteiger partial charge on any atom is 0.261 e. The Kier molecular flexibility index (Phi) is 4.95. The van der Waals surface area contributed by atoms with E-state index in [1.165, 1.54) is 12.1 Å². The number of fused-ring (bicyclic) bond motifs is 2. The second kappa shape index (κ2) is 7.22. The van der Waals surface area contributed by atoms with Crippen LogP contribution in [-0.2, 0) is 22.7 Å². The van der Waals surface area contributed by atoms with Crippen LogP contribution >= 0.6 is 0 Å². The van der Waals surface area contributed by atoms with E-state index in [0.29, 0.717) is 0 Å². The van der Waals surface area contributed by atoms with E-state index in [2.05, 4.69) is 0 Å². The number of aliphatic carboxylic acids is 2. The van der Waals surface area contributed by atoms with Crippen molar-refractivity contribution in [1.82, 2.24) is 9.13 Å². The third-order valence-corrected chi connectivity index (χ3v) is 4.59. The lowest BCUT2D eigenvalue weighted by atomic mass is 10.1. The van der Waals surface area contributed by atoms with E-state index in [4.69, 9.17) is 0 Å². The lowest BCUT2D eigenvalue weighted by Crippen LogP contribution is -2.28. The molecule has 3 aromatic rings. The minimum atomic E-state index is -1.30. The molecule has 3 rings (SSSR count). The summed E-state index contributed by atoms with van der Waals surface area (Å²) in [5.41, 5.74) is -2.68. The van der Waals surface area contributed by atoms with Crippen LogP contribution in [0.5, 0.6) is 0 Å². The van der Waals surface area contributed by atoms with Gasteiger partial charge in [0, 0.05) is 25.0 Å². The second-order valence-corrected chi connectivity index (χ2v) is 6.42. The summed E-state index contributed by atoms with van der Waals surface area (Å²) in [6, 6.07) is 2.37. The molecule has 0 saturated carbocycles. The molecule has 0 atom stereocenters. The fraction of sp³-hybridized carbons (Fsp3) is 0.333. The summed E-state index contributed by atoms with van der Waals surface area (Å²) in [6.45, 7) is -0.246. The third-order valence-electron chi connectivity index (χ3n) is 4.59. The van der Waals surface area contributed by atoms with Gasteiger partial charge in [0.15, 0.2) is 0 Å². The Morgan fingerprint density at radius 1 is 0.643 bits per heavy atom. The third kappa shape index (κ3) is 3.24. The van der Waals surface area contributed by atoms with Gasteiger partial charge in [-0.15, -0.1) is 0 Å². The van der Waals surface area contributed by atoms with Gasteiger partial charge in [0.25, 0.3) is 22.2 Å². The number of hydrogen-bond donors (Lipinski definition) is 0. The molecule has 2 heterocycles. The van der Waals surface area contributed by atoms with Crippen molar-refractivity contribution in [1.29, 1.82) is 0 Å². The van der Waals surface area contributed by atoms with E-state index >= 15 is 0 Å². The molecule has 0 aliphatic rings. The predicted octanol–water partition coefficient (Wildman–Crippen LogP) is -3.03. The van der Waals surface area contributed by atoms with E-state index in [9.17, 15) is 39.0 Å². The Balaban J connectivity index is 2.08. The predicted molar refractivity (Wildman–Crippen MR) is 93.4 cm³/mol. The monoisotopic (exact) mass is 386 g/mol. The van der Waals surface area contributed by atoms with Crippen LogP contribution in [0.15, 0.2) is 31.3 Å². The summed E-state index contributed by atoms with van der Waals surface area (Å²) >= 11 is 0. The summed E-state index contributed by atoms with van der Waals surface area (Å²) in [7, 11) is 0. The Morgan fingerprint density at radius 2 is 0.929 bits per heavy atom. The maximum atomic E-state index is 12.5. The first-order chi connectivity index (χ1) is 13.2. The van der Waals surface area contributed by atoms with Gasteiger partial charge in [-0.05, 0) is 37.8 Å². The number of nitrogens with zero attached hydrogens (tertiary/aromatic N) is 2. The molecule has 0 aliphatic carbocycles. The smallest absolute Gasteiger partial charge is 0.261 e. The SMILES string of the molecule is O=C([O-])CCCn1c(=O)c2cc3c(=O)n(CCCC(=O)[O-])c(=O)c3cc2c1=O. The molecular formula is C18H14N2O8-2. The summed E-state index contributed by atoms with van der Waals surface area (Å²) in [5.74, 6) is -2.60. The first kappa shape index (κ1) is 19.2. The van der Waals surface area contributed by atoms with Gasteiger partial charge in [0.2, 0.25) is 0 Å². The highest BCUT2D eigenvalue weighted by molar-refractivity contribution is 5.97. The average Bonchev–Trinajstić information content (AvgIpc) is 3.00. The van der Waals surface area contributed by atoms with Gasteiger partial charge in [-0.1, -0.05) is 0 Å². The van der Waals surface area contributed by atoms with Crippen molar-refractivity contribution >= 4 is 33.5 Å². The number of aromatic nitrogens is 2. The maximum absolute atomic E-state index is 12.5. The minimum Gasteiger partial charge on any atom is -0.550 e. The van der Waals surface area contributed by atoms with E-state index in [-0.39, 0.29) is 60.3 Å². The fourth-order valence-corrected chi connectivity index (χ4v) is 3.24.